The molecule has 128 valence electrons. The standard InChI is InChI=1S/C17H16ClF2NO3/c1-10(11-4-3-5-13(18)8-11)21-16(22)12-6-7-14(23-2)15(9-12)24-17(19)20/h3-10,17H,1-2H3,(H,21,22). The highest BCUT2D eigenvalue weighted by Crippen LogP contribution is 2.29. The van der Waals surface area contributed by atoms with Gasteiger partial charge in [0.25, 0.3) is 5.91 Å². The molecule has 0 saturated carbocycles. The van der Waals surface area contributed by atoms with Crippen LogP contribution in [-0.2, 0) is 0 Å². The monoisotopic (exact) mass is 355 g/mol. The van der Waals surface area contributed by atoms with Gasteiger partial charge in [0, 0.05) is 10.6 Å². The van der Waals surface area contributed by atoms with Gasteiger partial charge < -0.3 is 14.8 Å². The Morgan fingerprint density at radius 2 is 1.92 bits per heavy atom. The van der Waals surface area contributed by atoms with Crippen LogP contribution in [0.3, 0.4) is 0 Å². The first-order valence-electron chi connectivity index (χ1n) is 7.10. The van der Waals surface area contributed by atoms with Gasteiger partial charge in [0.2, 0.25) is 0 Å². The number of methoxy groups -OCH3 is 1. The fraction of sp³-hybridized carbons (Fsp3) is 0.235. The maximum Gasteiger partial charge on any atom is 0.387 e. The van der Waals surface area contributed by atoms with Crippen LogP contribution in [0.2, 0.25) is 5.02 Å². The lowest BCUT2D eigenvalue weighted by molar-refractivity contribution is -0.0512. The number of nitrogens with one attached hydrogen (secondary N) is 1. The molecule has 0 aliphatic carbocycles. The molecule has 24 heavy (non-hydrogen) atoms. The van der Waals surface area contributed by atoms with Crippen molar-refractivity contribution in [2.75, 3.05) is 7.11 Å². The van der Waals surface area contributed by atoms with E-state index in [9.17, 15) is 13.6 Å². The largest absolute Gasteiger partial charge is 0.493 e. The smallest absolute Gasteiger partial charge is 0.387 e. The number of hydrogen-bond acceptors (Lipinski definition) is 3. The molecule has 2 rings (SSSR count). The van der Waals surface area contributed by atoms with E-state index in [1.165, 1.54) is 25.3 Å². The lowest BCUT2D eigenvalue weighted by Crippen LogP contribution is -2.26. The molecular weight excluding hydrogens is 340 g/mol. The van der Waals surface area contributed by atoms with Gasteiger partial charge in [-0.15, -0.1) is 0 Å². The first-order chi connectivity index (χ1) is 11.4. The molecule has 7 heteroatoms. The maximum atomic E-state index is 12.4. The van der Waals surface area contributed by atoms with Crippen molar-refractivity contribution < 1.29 is 23.0 Å². The second-order valence-corrected chi connectivity index (χ2v) is 5.43. The molecule has 0 aliphatic rings. The molecule has 0 heterocycles. The molecule has 0 bridgehead atoms. The number of rotatable bonds is 6. The minimum atomic E-state index is -3.01. The average molecular weight is 356 g/mol. The van der Waals surface area contributed by atoms with Crippen LogP contribution in [0.1, 0.15) is 28.9 Å². The van der Waals surface area contributed by atoms with Crippen molar-refractivity contribution in [2.24, 2.45) is 0 Å². The van der Waals surface area contributed by atoms with E-state index in [1.807, 2.05) is 6.07 Å². The molecule has 1 unspecified atom stereocenters. The molecule has 1 N–H and O–H groups in total. The van der Waals surface area contributed by atoms with Gasteiger partial charge in [0.1, 0.15) is 0 Å². The van der Waals surface area contributed by atoms with Crippen LogP contribution in [0.5, 0.6) is 11.5 Å². The van der Waals surface area contributed by atoms with E-state index in [0.29, 0.717) is 5.02 Å². The Morgan fingerprint density at radius 1 is 1.17 bits per heavy atom. The van der Waals surface area contributed by atoms with Gasteiger partial charge in [-0.3, -0.25) is 4.79 Å². The Labute approximate surface area is 143 Å². The molecule has 0 aliphatic heterocycles. The van der Waals surface area contributed by atoms with Gasteiger partial charge in [0.05, 0.1) is 13.2 Å². The van der Waals surface area contributed by atoms with Crippen LogP contribution in [0.4, 0.5) is 8.78 Å². The van der Waals surface area contributed by atoms with E-state index in [2.05, 4.69) is 10.1 Å². The molecule has 0 spiro atoms. The predicted octanol–water partition coefficient (Wildman–Crippen LogP) is 4.44. The van der Waals surface area contributed by atoms with Crippen molar-refractivity contribution >= 4 is 17.5 Å². The fourth-order valence-corrected chi connectivity index (χ4v) is 2.34. The lowest BCUT2D eigenvalue weighted by Gasteiger charge is -2.16. The highest BCUT2D eigenvalue weighted by atomic mass is 35.5. The topological polar surface area (TPSA) is 47.6 Å². The average Bonchev–Trinajstić information content (AvgIpc) is 2.54. The molecular formula is C17H16ClF2NO3. The summed E-state index contributed by atoms with van der Waals surface area (Å²) >= 11 is 5.93. The number of benzene rings is 2. The maximum absolute atomic E-state index is 12.4. The van der Waals surface area contributed by atoms with Crippen LogP contribution in [0, 0.1) is 0 Å². The van der Waals surface area contributed by atoms with E-state index in [0.717, 1.165) is 5.56 Å². The Hall–Kier alpha value is -2.34. The van der Waals surface area contributed by atoms with Crippen molar-refractivity contribution in [3.05, 3.63) is 58.6 Å². The second-order valence-electron chi connectivity index (χ2n) is 4.99. The fourth-order valence-electron chi connectivity index (χ4n) is 2.15. The third kappa shape index (κ3) is 4.58. The minimum Gasteiger partial charge on any atom is -0.493 e. The summed E-state index contributed by atoms with van der Waals surface area (Å²) in [4.78, 5) is 12.3. The van der Waals surface area contributed by atoms with E-state index in [1.54, 1.807) is 25.1 Å². The van der Waals surface area contributed by atoms with Crippen molar-refractivity contribution in [3.8, 4) is 11.5 Å². The summed E-state index contributed by atoms with van der Waals surface area (Å²) in [6, 6.07) is 10.9. The molecule has 0 fully saturated rings. The number of amides is 1. The summed E-state index contributed by atoms with van der Waals surface area (Å²) in [6.07, 6.45) is 0. The molecule has 2 aromatic rings. The van der Waals surface area contributed by atoms with Crippen molar-refractivity contribution in [3.63, 3.8) is 0 Å². The molecule has 1 atom stereocenters. The van der Waals surface area contributed by atoms with Crippen molar-refractivity contribution in [2.45, 2.75) is 19.6 Å². The molecule has 0 radical (unpaired) electrons. The number of ether oxygens (including phenoxy) is 2. The Kier molecular flexibility index (Phi) is 5.98. The molecule has 1 amide bonds. The van der Waals surface area contributed by atoms with Gasteiger partial charge >= 0.3 is 6.61 Å². The number of carbonyl (C=O) groups is 1. The summed E-state index contributed by atoms with van der Waals surface area (Å²) in [5.41, 5.74) is 1.01. The van der Waals surface area contributed by atoms with Crippen LogP contribution < -0.4 is 14.8 Å². The number of carbonyl (C=O) groups excluding carboxylic acids is 1. The van der Waals surface area contributed by atoms with Crippen LogP contribution in [0.15, 0.2) is 42.5 Å². The second kappa shape index (κ2) is 7.97. The zero-order valence-electron chi connectivity index (χ0n) is 13.1. The third-order valence-electron chi connectivity index (χ3n) is 3.34. The highest BCUT2D eigenvalue weighted by molar-refractivity contribution is 6.30. The van der Waals surface area contributed by atoms with Crippen LogP contribution >= 0.6 is 11.6 Å². The van der Waals surface area contributed by atoms with E-state index in [4.69, 9.17) is 16.3 Å². The van der Waals surface area contributed by atoms with Crippen LogP contribution in [-0.4, -0.2) is 19.6 Å². The van der Waals surface area contributed by atoms with E-state index < -0.39 is 12.5 Å². The predicted molar refractivity (Wildman–Crippen MR) is 87.0 cm³/mol. The highest BCUT2D eigenvalue weighted by Gasteiger charge is 2.16. The van der Waals surface area contributed by atoms with Gasteiger partial charge in [-0.05, 0) is 42.8 Å². The van der Waals surface area contributed by atoms with E-state index in [-0.39, 0.29) is 23.1 Å². The number of alkyl halides is 2. The molecule has 0 aromatic heterocycles. The summed E-state index contributed by atoms with van der Waals surface area (Å²) in [5.74, 6) is -0.505. The molecule has 2 aromatic carbocycles. The summed E-state index contributed by atoms with van der Waals surface area (Å²) in [7, 11) is 1.33. The van der Waals surface area contributed by atoms with Crippen molar-refractivity contribution in [1.29, 1.82) is 0 Å². The zero-order chi connectivity index (χ0) is 17.7. The summed E-state index contributed by atoms with van der Waals surface area (Å²) in [6.45, 7) is -1.22. The molecule has 4 nitrogen and oxygen atoms in total. The summed E-state index contributed by atoms with van der Waals surface area (Å²) < 4.78 is 34.2. The van der Waals surface area contributed by atoms with Crippen LogP contribution in [0.25, 0.3) is 0 Å². The number of hydrogen-bond donors (Lipinski definition) is 1. The first-order valence-corrected chi connectivity index (χ1v) is 7.47. The van der Waals surface area contributed by atoms with Gasteiger partial charge in [-0.1, -0.05) is 23.7 Å². The minimum absolute atomic E-state index is 0.120. The Bertz CT molecular complexity index is 725. The lowest BCUT2D eigenvalue weighted by atomic mass is 10.1. The normalized spacial score (nSPS) is 11.9. The zero-order valence-corrected chi connectivity index (χ0v) is 13.8. The van der Waals surface area contributed by atoms with E-state index >= 15 is 0 Å². The molecule has 0 saturated heterocycles. The quantitative estimate of drug-likeness (QED) is 0.833. The third-order valence-corrected chi connectivity index (χ3v) is 3.57. The van der Waals surface area contributed by atoms with Gasteiger partial charge in [-0.2, -0.15) is 8.78 Å². The van der Waals surface area contributed by atoms with Crippen molar-refractivity contribution in [1.82, 2.24) is 5.32 Å². The van der Waals surface area contributed by atoms with Gasteiger partial charge in [-0.25, -0.2) is 0 Å². The Morgan fingerprint density at radius 3 is 2.54 bits per heavy atom. The van der Waals surface area contributed by atoms with Gasteiger partial charge in [0.15, 0.2) is 11.5 Å². The SMILES string of the molecule is COc1ccc(C(=O)NC(C)c2cccc(Cl)c2)cc1OC(F)F. The number of halogens is 3. The summed E-state index contributed by atoms with van der Waals surface area (Å²) in [5, 5.41) is 3.34. The first kappa shape index (κ1) is 18.0. The Balaban J connectivity index is 2.17.